The molecule has 8 heteroatoms. The van der Waals surface area contributed by atoms with Crippen LogP contribution in [0.4, 0.5) is 0 Å². The number of hydrazine groups is 1. The Morgan fingerprint density at radius 2 is 1.82 bits per heavy atom. The van der Waals surface area contributed by atoms with Crippen LogP contribution in [0.3, 0.4) is 0 Å². The lowest BCUT2D eigenvalue weighted by atomic mass is 10.2. The van der Waals surface area contributed by atoms with Crippen LogP contribution in [-0.4, -0.2) is 31.8 Å². The summed E-state index contributed by atoms with van der Waals surface area (Å²) < 4.78 is 10.9. The predicted molar refractivity (Wildman–Crippen MR) is 112 cm³/mol. The van der Waals surface area contributed by atoms with Crippen molar-refractivity contribution >= 4 is 35.2 Å². The molecule has 0 radical (unpaired) electrons. The van der Waals surface area contributed by atoms with Crippen LogP contribution in [-0.2, 0) is 0 Å². The molecular weight excluding hydrogens is 400 g/mol. The molecular formula is C20H23ClN2O4S. The zero-order valence-corrected chi connectivity index (χ0v) is 17.6. The molecule has 2 aromatic carbocycles. The topological polar surface area (TPSA) is 76.7 Å². The Bertz CT molecular complexity index is 845. The molecule has 2 amide bonds. The van der Waals surface area contributed by atoms with E-state index in [0.29, 0.717) is 28.7 Å². The molecule has 28 heavy (non-hydrogen) atoms. The minimum Gasteiger partial charge on any atom is -0.493 e. The Hall–Kier alpha value is -2.38. The van der Waals surface area contributed by atoms with Gasteiger partial charge in [0.05, 0.1) is 24.3 Å². The fraction of sp³-hybridized carbons (Fsp3) is 0.300. The zero-order chi connectivity index (χ0) is 20.5. The number of benzene rings is 2. The van der Waals surface area contributed by atoms with Crippen LogP contribution in [0.1, 0.15) is 40.5 Å². The lowest BCUT2D eigenvalue weighted by Crippen LogP contribution is -2.41. The van der Waals surface area contributed by atoms with Crippen LogP contribution in [0.2, 0.25) is 5.02 Å². The van der Waals surface area contributed by atoms with Gasteiger partial charge in [-0.15, -0.1) is 11.8 Å². The fourth-order valence-electron chi connectivity index (χ4n) is 2.31. The molecule has 0 aliphatic carbocycles. The summed E-state index contributed by atoms with van der Waals surface area (Å²) in [5.74, 6) is 0.0348. The second-order valence-electron chi connectivity index (χ2n) is 5.82. The average molecular weight is 423 g/mol. The summed E-state index contributed by atoms with van der Waals surface area (Å²) in [6.07, 6.45) is 3.85. The van der Waals surface area contributed by atoms with E-state index < -0.39 is 11.8 Å². The molecule has 0 spiro atoms. The van der Waals surface area contributed by atoms with Gasteiger partial charge in [-0.25, -0.2) is 0 Å². The summed E-state index contributed by atoms with van der Waals surface area (Å²) in [7, 11) is 1.51. The highest BCUT2D eigenvalue weighted by molar-refractivity contribution is 7.98. The number of unbranched alkanes of at least 4 members (excludes halogenated alkanes) is 1. The van der Waals surface area contributed by atoms with Gasteiger partial charge in [0, 0.05) is 10.5 Å². The Morgan fingerprint density at radius 3 is 2.50 bits per heavy atom. The van der Waals surface area contributed by atoms with Crippen molar-refractivity contribution in [3.63, 3.8) is 0 Å². The smallest absolute Gasteiger partial charge is 0.271 e. The first-order chi connectivity index (χ1) is 13.5. The van der Waals surface area contributed by atoms with Crippen LogP contribution in [0, 0.1) is 0 Å². The average Bonchev–Trinajstić information content (AvgIpc) is 2.72. The standard InChI is InChI=1S/C20H23ClN2O4S/c1-4-5-10-27-17-9-6-13(11-18(17)26-2)19(24)22-23-20(25)15-12-14(28-3)7-8-16(15)21/h6-9,11-12H,4-5,10H2,1-3H3,(H,22,24)(H,23,25). The minimum atomic E-state index is -0.499. The number of methoxy groups -OCH3 is 1. The summed E-state index contributed by atoms with van der Waals surface area (Å²) in [4.78, 5) is 25.6. The van der Waals surface area contributed by atoms with E-state index in [0.717, 1.165) is 17.7 Å². The van der Waals surface area contributed by atoms with Crippen LogP contribution in [0.5, 0.6) is 11.5 Å². The van der Waals surface area contributed by atoms with E-state index >= 15 is 0 Å². The maximum Gasteiger partial charge on any atom is 0.271 e. The van der Waals surface area contributed by atoms with Gasteiger partial charge >= 0.3 is 0 Å². The molecule has 2 N–H and O–H groups in total. The van der Waals surface area contributed by atoms with Gasteiger partial charge in [0.15, 0.2) is 11.5 Å². The number of hydrogen-bond acceptors (Lipinski definition) is 5. The highest BCUT2D eigenvalue weighted by atomic mass is 35.5. The zero-order valence-electron chi connectivity index (χ0n) is 16.0. The van der Waals surface area contributed by atoms with Crippen LogP contribution in [0.15, 0.2) is 41.3 Å². The summed E-state index contributed by atoms with van der Waals surface area (Å²) >= 11 is 7.57. The second kappa shape index (κ2) is 10.8. The summed E-state index contributed by atoms with van der Waals surface area (Å²) in [5, 5.41) is 0.305. The molecule has 0 atom stereocenters. The highest BCUT2D eigenvalue weighted by Crippen LogP contribution is 2.28. The Morgan fingerprint density at radius 1 is 1.07 bits per heavy atom. The molecule has 0 heterocycles. The Kier molecular flexibility index (Phi) is 8.47. The maximum atomic E-state index is 12.4. The van der Waals surface area contributed by atoms with Crippen molar-refractivity contribution in [3.05, 3.63) is 52.5 Å². The van der Waals surface area contributed by atoms with Crippen molar-refractivity contribution in [2.45, 2.75) is 24.7 Å². The lowest BCUT2D eigenvalue weighted by Gasteiger charge is -2.13. The number of nitrogens with one attached hydrogen (secondary N) is 2. The monoisotopic (exact) mass is 422 g/mol. The van der Waals surface area contributed by atoms with E-state index in [1.165, 1.54) is 18.9 Å². The van der Waals surface area contributed by atoms with Crippen molar-refractivity contribution in [1.82, 2.24) is 10.9 Å². The lowest BCUT2D eigenvalue weighted by molar-refractivity contribution is 0.0846. The Balaban J connectivity index is 2.03. The third kappa shape index (κ3) is 5.81. The minimum absolute atomic E-state index is 0.283. The molecule has 150 valence electrons. The summed E-state index contributed by atoms with van der Waals surface area (Å²) in [6.45, 7) is 2.65. The van der Waals surface area contributed by atoms with E-state index in [1.807, 2.05) is 12.3 Å². The predicted octanol–water partition coefficient (Wildman–Crippen LogP) is 4.32. The van der Waals surface area contributed by atoms with Crippen molar-refractivity contribution in [2.24, 2.45) is 0 Å². The molecule has 6 nitrogen and oxygen atoms in total. The fourth-order valence-corrected chi connectivity index (χ4v) is 2.96. The number of carbonyl (C=O) groups excluding carboxylic acids is 2. The van der Waals surface area contributed by atoms with E-state index in [1.54, 1.807) is 30.3 Å². The summed E-state index contributed by atoms with van der Waals surface area (Å²) in [6, 6.07) is 9.96. The molecule has 0 saturated carbocycles. The maximum absolute atomic E-state index is 12.4. The van der Waals surface area contributed by atoms with Crippen molar-refractivity contribution in [1.29, 1.82) is 0 Å². The van der Waals surface area contributed by atoms with Gasteiger partial charge < -0.3 is 9.47 Å². The number of halogens is 1. The largest absolute Gasteiger partial charge is 0.493 e. The molecule has 2 aromatic rings. The van der Waals surface area contributed by atoms with Gasteiger partial charge in [-0.2, -0.15) is 0 Å². The number of thioether (sulfide) groups is 1. The number of carbonyl (C=O) groups is 2. The van der Waals surface area contributed by atoms with Crippen LogP contribution >= 0.6 is 23.4 Å². The van der Waals surface area contributed by atoms with Crippen molar-refractivity contribution in [2.75, 3.05) is 20.0 Å². The summed E-state index contributed by atoms with van der Waals surface area (Å²) in [5.41, 5.74) is 5.37. The van der Waals surface area contributed by atoms with Crippen molar-refractivity contribution in [3.8, 4) is 11.5 Å². The first-order valence-electron chi connectivity index (χ1n) is 8.75. The van der Waals surface area contributed by atoms with Crippen molar-refractivity contribution < 1.29 is 19.1 Å². The molecule has 0 bridgehead atoms. The van der Waals surface area contributed by atoms with Gasteiger partial charge in [0.25, 0.3) is 11.8 Å². The second-order valence-corrected chi connectivity index (χ2v) is 7.11. The quantitative estimate of drug-likeness (QED) is 0.376. The molecule has 0 aromatic heterocycles. The normalized spacial score (nSPS) is 10.3. The molecule has 0 unspecified atom stereocenters. The molecule has 0 saturated heterocycles. The van der Waals surface area contributed by atoms with Gasteiger partial charge in [0.1, 0.15) is 0 Å². The molecule has 0 aliphatic heterocycles. The SMILES string of the molecule is CCCCOc1ccc(C(=O)NNC(=O)c2cc(SC)ccc2Cl)cc1OC. The molecule has 2 rings (SSSR count). The highest BCUT2D eigenvalue weighted by Gasteiger charge is 2.15. The third-order valence-corrected chi connectivity index (χ3v) is 4.94. The van der Waals surface area contributed by atoms with E-state index in [4.69, 9.17) is 21.1 Å². The molecule has 0 aliphatic rings. The number of ether oxygens (including phenoxy) is 2. The number of hydrogen-bond donors (Lipinski definition) is 2. The first-order valence-corrected chi connectivity index (χ1v) is 10.4. The van der Waals surface area contributed by atoms with Crippen LogP contribution < -0.4 is 20.3 Å². The number of amides is 2. The van der Waals surface area contributed by atoms with E-state index in [9.17, 15) is 9.59 Å². The first kappa shape index (κ1) is 21.9. The van der Waals surface area contributed by atoms with Crippen LogP contribution in [0.25, 0.3) is 0 Å². The van der Waals surface area contributed by atoms with E-state index in [-0.39, 0.29) is 5.56 Å². The van der Waals surface area contributed by atoms with E-state index in [2.05, 4.69) is 17.8 Å². The number of rotatable bonds is 8. The van der Waals surface area contributed by atoms with Gasteiger partial charge in [-0.3, -0.25) is 20.4 Å². The van der Waals surface area contributed by atoms with Gasteiger partial charge in [0.2, 0.25) is 0 Å². The van der Waals surface area contributed by atoms with Gasteiger partial charge in [-0.05, 0) is 49.1 Å². The third-order valence-electron chi connectivity index (χ3n) is 3.89. The van der Waals surface area contributed by atoms with Gasteiger partial charge in [-0.1, -0.05) is 24.9 Å². The molecule has 0 fully saturated rings. The Labute approximate surface area is 173 Å².